The van der Waals surface area contributed by atoms with Gasteiger partial charge in [0.1, 0.15) is 0 Å². The van der Waals surface area contributed by atoms with Gasteiger partial charge in [0.05, 0.1) is 5.60 Å². The molecule has 1 aromatic rings. The van der Waals surface area contributed by atoms with Gasteiger partial charge in [-0.05, 0) is 38.7 Å². The lowest BCUT2D eigenvalue weighted by Gasteiger charge is -2.27. The van der Waals surface area contributed by atoms with Gasteiger partial charge in [-0.3, -0.25) is 0 Å². The van der Waals surface area contributed by atoms with Crippen LogP contribution in [0.3, 0.4) is 0 Å². The SMILES string of the molecule is CN(C)CC(C)(O)CNCc1cc2c(cc1Br)OCO2. The van der Waals surface area contributed by atoms with Gasteiger partial charge in [-0.15, -0.1) is 0 Å². The molecule has 1 aromatic carbocycles. The lowest BCUT2D eigenvalue weighted by atomic mass is 10.1. The van der Waals surface area contributed by atoms with Gasteiger partial charge in [0.15, 0.2) is 11.5 Å². The zero-order chi connectivity index (χ0) is 14.8. The van der Waals surface area contributed by atoms with Crippen molar-refractivity contribution in [3.63, 3.8) is 0 Å². The molecular weight excluding hydrogens is 324 g/mol. The van der Waals surface area contributed by atoms with E-state index in [1.165, 1.54) is 0 Å². The third-order valence-corrected chi connectivity index (χ3v) is 3.76. The topological polar surface area (TPSA) is 54.0 Å². The van der Waals surface area contributed by atoms with Gasteiger partial charge in [0.25, 0.3) is 0 Å². The fourth-order valence-electron chi connectivity index (χ4n) is 2.30. The summed E-state index contributed by atoms with van der Waals surface area (Å²) in [6, 6.07) is 3.87. The van der Waals surface area contributed by atoms with E-state index in [9.17, 15) is 5.11 Å². The van der Waals surface area contributed by atoms with Gasteiger partial charge < -0.3 is 24.8 Å². The summed E-state index contributed by atoms with van der Waals surface area (Å²) in [4.78, 5) is 1.97. The Hall–Kier alpha value is -0.820. The fraction of sp³-hybridized carbons (Fsp3) is 0.571. The van der Waals surface area contributed by atoms with Gasteiger partial charge in [-0.25, -0.2) is 0 Å². The normalized spacial score (nSPS) is 16.5. The average molecular weight is 345 g/mol. The standard InChI is InChI=1S/C14H21BrN2O3/c1-14(18,8-17(2)3)7-16-6-10-4-12-13(5-11(10)15)20-9-19-12/h4-5,16,18H,6-9H2,1-3H3. The smallest absolute Gasteiger partial charge is 0.231 e. The highest BCUT2D eigenvalue weighted by molar-refractivity contribution is 9.10. The molecule has 1 atom stereocenters. The Bertz CT molecular complexity index is 478. The second kappa shape index (κ2) is 6.30. The van der Waals surface area contributed by atoms with Crippen LogP contribution in [-0.4, -0.2) is 49.6 Å². The van der Waals surface area contributed by atoms with Crippen molar-refractivity contribution in [1.82, 2.24) is 10.2 Å². The molecule has 5 nitrogen and oxygen atoms in total. The second-order valence-corrected chi connectivity index (χ2v) is 6.49. The highest BCUT2D eigenvalue weighted by Crippen LogP contribution is 2.36. The zero-order valence-electron chi connectivity index (χ0n) is 12.1. The molecule has 1 aliphatic heterocycles. The van der Waals surface area contributed by atoms with Crippen molar-refractivity contribution in [3.05, 3.63) is 22.2 Å². The Balaban J connectivity index is 1.91. The second-order valence-electron chi connectivity index (χ2n) is 5.64. The molecule has 0 amide bonds. The van der Waals surface area contributed by atoms with Crippen molar-refractivity contribution in [3.8, 4) is 11.5 Å². The first-order valence-electron chi connectivity index (χ1n) is 6.53. The molecule has 6 heteroatoms. The van der Waals surface area contributed by atoms with E-state index in [0.29, 0.717) is 19.6 Å². The summed E-state index contributed by atoms with van der Waals surface area (Å²) in [6.45, 7) is 3.89. The number of aliphatic hydroxyl groups is 1. The molecule has 0 aliphatic carbocycles. The molecule has 1 heterocycles. The van der Waals surface area contributed by atoms with Crippen LogP contribution in [0.15, 0.2) is 16.6 Å². The quantitative estimate of drug-likeness (QED) is 0.820. The van der Waals surface area contributed by atoms with Crippen LogP contribution in [0, 0.1) is 0 Å². The molecule has 1 unspecified atom stereocenters. The van der Waals surface area contributed by atoms with Gasteiger partial charge in [-0.1, -0.05) is 15.9 Å². The first-order chi connectivity index (χ1) is 9.37. The highest BCUT2D eigenvalue weighted by atomic mass is 79.9. The summed E-state index contributed by atoms with van der Waals surface area (Å²) in [5.41, 5.74) is 0.321. The minimum Gasteiger partial charge on any atom is -0.454 e. The van der Waals surface area contributed by atoms with E-state index in [2.05, 4.69) is 21.2 Å². The number of rotatable bonds is 6. The van der Waals surface area contributed by atoms with Gasteiger partial charge in [-0.2, -0.15) is 0 Å². The van der Waals surface area contributed by atoms with Crippen LogP contribution >= 0.6 is 15.9 Å². The Morgan fingerprint density at radius 2 is 2.00 bits per heavy atom. The average Bonchev–Trinajstić information content (AvgIpc) is 2.74. The van der Waals surface area contributed by atoms with Crippen LogP contribution in [-0.2, 0) is 6.54 Å². The maximum absolute atomic E-state index is 10.2. The van der Waals surface area contributed by atoms with E-state index in [1.54, 1.807) is 0 Å². The Labute approximate surface area is 128 Å². The Morgan fingerprint density at radius 3 is 2.65 bits per heavy atom. The maximum atomic E-state index is 10.2. The maximum Gasteiger partial charge on any atom is 0.231 e. The monoisotopic (exact) mass is 344 g/mol. The molecule has 0 saturated heterocycles. The summed E-state index contributed by atoms with van der Waals surface area (Å²) in [5.74, 6) is 1.53. The van der Waals surface area contributed by atoms with Crippen molar-refractivity contribution in [2.24, 2.45) is 0 Å². The third-order valence-electron chi connectivity index (χ3n) is 3.02. The number of hydrogen-bond donors (Lipinski definition) is 2. The van der Waals surface area contributed by atoms with E-state index < -0.39 is 5.60 Å². The predicted octanol–water partition coefficient (Wildman–Crippen LogP) is 1.58. The Kier molecular flexibility index (Phi) is 4.90. The fourth-order valence-corrected chi connectivity index (χ4v) is 2.76. The molecular formula is C14H21BrN2O3. The highest BCUT2D eigenvalue weighted by Gasteiger charge is 2.21. The van der Waals surface area contributed by atoms with Crippen LogP contribution in [0.2, 0.25) is 0 Å². The van der Waals surface area contributed by atoms with Crippen LogP contribution in [0.4, 0.5) is 0 Å². The molecule has 1 aliphatic rings. The number of likely N-dealkylation sites (N-methyl/N-ethyl adjacent to an activating group) is 1. The number of hydrogen-bond acceptors (Lipinski definition) is 5. The van der Waals surface area contributed by atoms with Gasteiger partial charge in [0.2, 0.25) is 6.79 Å². The number of nitrogens with one attached hydrogen (secondary N) is 1. The molecule has 0 radical (unpaired) electrons. The summed E-state index contributed by atoms with van der Waals surface area (Å²) >= 11 is 3.52. The lowest BCUT2D eigenvalue weighted by molar-refractivity contribution is 0.0336. The molecule has 20 heavy (non-hydrogen) atoms. The lowest BCUT2D eigenvalue weighted by Crippen LogP contribution is -2.45. The molecule has 112 valence electrons. The van der Waals surface area contributed by atoms with E-state index in [1.807, 2.05) is 38.1 Å². The molecule has 0 fully saturated rings. The number of halogens is 1. The third kappa shape index (κ3) is 4.09. The number of benzene rings is 1. The van der Waals surface area contributed by atoms with Crippen LogP contribution in [0.5, 0.6) is 11.5 Å². The van der Waals surface area contributed by atoms with E-state index >= 15 is 0 Å². The van der Waals surface area contributed by atoms with Crippen LogP contribution in [0.1, 0.15) is 12.5 Å². The first-order valence-corrected chi connectivity index (χ1v) is 7.32. The van der Waals surface area contributed by atoms with Crippen molar-refractivity contribution in [1.29, 1.82) is 0 Å². The van der Waals surface area contributed by atoms with Crippen molar-refractivity contribution < 1.29 is 14.6 Å². The summed E-state index contributed by atoms with van der Waals surface area (Å²) in [7, 11) is 3.89. The zero-order valence-corrected chi connectivity index (χ0v) is 13.7. The first kappa shape index (κ1) is 15.6. The predicted molar refractivity (Wildman–Crippen MR) is 81.1 cm³/mol. The number of ether oxygens (including phenoxy) is 2. The number of nitrogens with zero attached hydrogens (tertiary/aromatic N) is 1. The van der Waals surface area contributed by atoms with E-state index in [4.69, 9.17) is 9.47 Å². The van der Waals surface area contributed by atoms with E-state index in [-0.39, 0.29) is 6.79 Å². The number of fused-ring (bicyclic) bond motifs is 1. The molecule has 0 bridgehead atoms. The van der Waals surface area contributed by atoms with E-state index in [0.717, 1.165) is 21.5 Å². The molecule has 2 N–H and O–H groups in total. The van der Waals surface area contributed by atoms with Crippen molar-refractivity contribution in [2.75, 3.05) is 34.0 Å². The molecule has 0 aromatic heterocycles. The largest absolute Gasteiger partial charge is 0.454 e. The molecule has 0 spiro atoms. The summed E-state index contributed by atoms with van der Waals surface area (Å²) in [6.07, 6.45) is 0. The minimum atomic E-state index is -0.758. The van der Waals surface area contributed by atoms with Crippen LogP contribution < -0.4 is 14.8 Å². The Morgan fingerprint density at radius 1 is 1.35 bits per heavy atom. The van der Waals surface area contributed by atoms with Gasteiger partial charge >= 0.3 is 0 Å². The summed E-state index contributed by atoms with van der Waals surface area (Å²) < 4.78 is 11.7. The van der Waals surface area contributed by atoms with Gasteiger partial charge in [0, 0.05) is 24.1 Å². The van der Waals surface area contributed by atoms with Crippen molar-refractivity contribution >= 4 is 15.9 Å². The molecule has 0 saturated carbocycles. The summed E-state index contributed by atoms with van der Waals surface area (Å²) in [5, 5.41) is 13.5. The minimum absolute atomic E-state index is 0.274. The molecule has 2 rings (SSSR count). The van der Waals surface area contributed by atoms with Crippen molar-refractivity contribution in [2.45, 2.75) is 19.1 Å². The van der Waals surface area contributed by atoms with Crippen LogP contribution in [0.25, 0.3) is 0 Å².